The lowest BCUT2D eigenvalue weighted by molar-refractivity contribution is 0.229. The molecule has 0 amide bonds. The van der Waals surface area contributed by atoms with Crippen LogP contribution in [-0.2, 0) is 6.54 Å². The van der Waals surface area contributed by atoms with Crippen molar-refractivity contribution < 1.29 is 0 Å². The minimum absolute atomic E-state index is 0.741. The minimum atomic E-state index is 0.741. The molecule has 20 heavy (non-hydrogen) atoms. The monoisotopic (exact) mass is 292 g/mol. The van der Waals surface area contributed by atoms with Crippen molar-refractivity contribution in [3.05, 3.63) is 29.0 Å². The highest BCUT2D eigenvalue weighted by atomic mass is 35.5. The number of aromatic amines is 1. The molecule has 0 aliphatic carbocycles. The predicted octanol–water partition coefficient (Wildman–Crippen LogP) is 2.79. The third kappa shape index (κ3) is 3.51. The Hall–Kier alpha value is -1.10. The third-order valence-electron chi connectivity index (χ3n) is 3.84. The minimum Gasteiger partial charge on any atom is -0.341 e. The molecule has 1 aromatic heterocycles. The Labute approximate surface area is 124 Å². The first kappa shape index (κ1) is 13.9. The van der Waals surface area contributed by atoms with Gasteiger partial charge < -0.3 is 15.2 Å². The lowest BCUT2D eigenvalue weighted by atomic mass is 10.1. The molecule has 2 heterocycles. The zero-order valence-electron chi connectivity index (χ0n) is 11.7. The Morgan fingerprint density at radius 3 is 2.95 bits per heavy atom. The van der Waals surface area contributed by atoms with E-state index in [9.17, 15) is 0 Å². The molecule has 1 fully saturated rings. The summed E-state index contributed by atoms with van der Waals surface area (Å²) >= 11 is 5.97. The summed E-state index contributed by atoms with van der Waals surface area (Å²) in [4.78, 5) is 10.4. The predicted molar refractivity (Wildman–Crippen MR) is 83.1 cm³/mol. The van der Waals surface area contributed by atoms with Gasteiger partial charge in [-0.1, -0.05) is 18.0 Å². The number of hydrogen-bond donors (Lipinski definition) is 2. The second kappa shape index (κ2) is 6.57. The summed E-state index contributed by atoms with van der Waals surface area (Å²) in [5.74, 6) is 0.973. The van der Waals surface area contributed by atoms with Gasteiger partial charge in [0.25, 0.3) is 0 Å². The maximum absolute atomic E-state index is 5.97. The molecule has 0 atom stereocenters. The van der Waals surface area contributed by atoms with Crippen LogP contribution in [0.25, 0.3) is 11.0 Å². The molecule has 0 bridgehead atoms. The number of halogens is 1. The van der Waals surface area contributed by atoms with Gasteiger partial charge in [0.05, 0.1) is 17.6 Å². The van der Waals surface area contributed by atoms with Gasteiger partial charge in [-0.2, -0.15) is 0 Å². The van der Waals surface area contributed by atoms with Crippen LogP contribution in [0.15, 0.2) is 18.2 Å². The van der Waals surface area contributed by atoms with Crippen molar-refractivity contribution >= 4 is 22.6 Å². The van der Waals surface area contributed by atoms with E-state index < -0.39 is 0 Å². The molecule has 1 aromatic carbocycles. The lowest BCUT2D eigenvalue weighted by Crippen LogP contribution is -2.35. The average Bonchev–Trinajstić information content (AvgIpc) is 2.86. The fourth-order valence-corrected chi connectivity index (χ4v) is 2.92. The summed E-state index contributed by atoms with van der Waals surface area (Å²) in [6, 6.07) is 5.74. The van der Waals surface area contributed by atoms with Crippen LogP contribution in [0.5, 0.6) is 0 Å². The lowest BCUT2D eigenvalue weighted by Gasteiger charge is -2.26. The molecule has 1 aliphatic heterocycles. The number of aromatic nitrogens is 2. The summed E-state index contributed by atoms with van der Waals surface area (Å²) in [6.45, 7) is 5.43. The zero-order chi connectivity index (χ0) is 13.8. The van der Waals surface area contributed by atoms with Crippen molar-refractivity contribution in [2.24, 2.45) is 0 Å². The van der Waals surface area contributed by atoms with E-state index in [1.807, 2.05) is 18.2 Å². The molecule has 5 heteroatoms. The van der Waals surface area contributed by atoms with E-state index in [0.717, 1.165) is 41.5 Å². The number of piperidine rings is 1. The summed E-state index contributed by atoms with van der Waals surface area (Å²) < 4.78 is 0. The molecule has 2 N–H and O–H groups in total. The molecular formula is C15H21ClN4. The van der Waals surface area contributed by atoms with Crippen molar-refractivity contribution in [1.29, 1.82) is 0 Å². The van der Waals surface area contributed by atoms with E-state index in [1.54, 1.807) is 0 Å². The molecule has 0 radical (unpaired) electrons. The molecule has 0 saturated carbocycles. The number of H-pyrrole nitrogens is 1. The van der Waals surface area contributed by atoms with Crippen LogP contribution in [-0.4, -0.2) is 41.0 Å². The Morgan fingerprint density at radius 1 is 1.25 bits per heavy atom. The second-order valence-electron chi connectivity index (χ2n) is 5.42. The Kier molecular flexibility index (Phi) is 4.55. The fraction of sp³-hybridized carbons (Fsp3) is 0.533. The van der Waals surface area contributed by atoms with E-state index in [0.29, 0.717) is 0 Å². The molecule has 1 saturated heterocycles. The van der Waals surface area contributed by atoms with E-state index in [1.165, 1.54) is 32.4 Å². The summed E-state index contributed by atoms with van der Waals surface area (Å²) in [5.41, 5.74) is 1.98. The van der Waals surface area contributed by atoms with Crippen LogP contribution < -0.4 is 5.32 Å². The molecule has 2 aromatic rings. The van der Waals surface area contributed by atoms with Crippen molar-refractivity contribution in [3.63, 3.8) is 0 Å². The molecule has 108 valence electrons. The molecule has 1 aliphatic rings. The van der Waals surface area contributed by atoms with Gasteiger partial charge in [0.2, 0.25) is 0 Å². The SMILES string of the molecule is Clc1ccc2nc(CNCCN3CCCCC3)[nH]c2c1. The Balaban J connectivity index is 1.47. The molecule has 0 unspecified atom stereocenters. The van der Waals surface area contributed by atoms with Gasteiger partial charge in [-0.3, -0.25) is 0 Å². The number of hydrogen-bond acceptors (Lipinski definition) is 3. The van der Waals surface area contributed by atoms with E-state index in [2.05, 4.69) is 20.2 Å². The number of nitrogens with zero attached hydrogens (tertiary/aromatic N) is 2. The Bertz CT molecular complexity index is 560. The largest absolute Gasteiger partial charge is 0.341 e. The second-order valence-corrected chi connectivity index (χ2v) is 5.86. The average molecular weight is 293 g/mol. The summed E-state index contributed by atoms with van der Waals surface area (Å²) in [7, 11) is 0. The van der Waals surface area contributed by atoms with Gasteiger partial charge in [-0.25, -0.2) is 4.98 Å². The van der Waals surface area contributed by atoms with Gasteiger partial charge in [0.1, 0.15) is 5.82 Å². The van der Waals surface area contributed by atoms with Crippen molar-refractivity contribution in [1.82, 2.24) is 20.2 Å². The van der Waals surface area contributed by atoms with Crippen molar-refractivity contribution in [2.75, 3.05) is 26.2 Å². The third-order valence-corrected chi connectivity index (χ3v) is 4.07. The molecule has 3 rings (SSSR count). The first-order valence-electron chi connectivity index (χ1n) is 7.38. The normalized spacial score (nSPS) is 16.9. The number of likely N-dealkylation sites (tertiary alicyclic amines) is 1. The van der Waals surface area contributed by atoms with Crippen molar-refractivity contribution in [3.8, 4) is 0 Å². The van der Waals surface area contributed by atoms with Crippen LogP contribution in [0, 0.1) is 0 Å². The fourth-order valence-electron chi connectivity index (χ4n) is 2.75. The maximum atomic E-state index is 5.97. The van der Waals surface area contributed by atoms with Gasteiger partial charge in [0.15, 0.2) is 0 Å². The highest BCUT2D eigenvalue weighted by Gasteiger charge is 2.09. The summed E-state index contributed by atoms with van der Waals surface area (Å²) in [5, 5.41) is 4.20. The van der Waals surface area contributed by atoms with E-state index in [-0.39, 0.29) is 0 Å². The van der Waals surface area contributed by atoms with Crippen LogP contribution in [0.3, 0.4) is 0 Å². The van der Waals surface area contributed by atoms with Gasteiger partial charge >= 0.3 is 0 Å². The zero-order valence-corrected chi connectivity index (χ0v) is 12.4. The first-order valence-corrected chi connectivity index (χ1v) is 7.76. The van der Waals surface area contributed by atoms with Gasteiger partial charge in [-0.15, -0.1) is 0 Å². The smallest absolute Gasteiger partial charge is 0.121 e. The number of rotatable bonds is 5. The number of fused-ring (bicyclic) bond motifs is 1. The van der Waals surface area contributed by atoms with Gasteiger partial charge in [-0.05, 0) is 44.1 Å². The summed E-state index contributed by atoms with van der Waals surface area (Å²) in [6.07, 6.45) is 4.10. The van der Waals surface area contributed by atoms with Crippen molar-refractivity contribution in [2.45, 2.75) is 25.8 Å². The van der Waals surface area contributed by atoms with E-state index in [4.69, 9.17) is 11.6 Å². The standard InChI is InChI=1S/C15H21ClN4/c16-12-4-5-13-14(10-12)19-15(18-13)11-17-6-9-20-7-2-1-3-8-20/h4-5,10,17H,1-3,6-9,11H2,(H,18,19). The molecule has 0 spiro atoms. The van der Waals surface area contributed by atoms with Gasteiger partial charge in [0, 0.05) is 18.1 Å². The number of imidazole rings is 1. The number of nitrogens with one attached hydrogen (secondary N) is 2. The Morgan fingerprint density at radius 2 is 2.10 bits per heavy atom. The quantitative estimate of drug-likeness (QED) is 0.833. The highest BCUT2D eigenvalue weighted by molar-refractivity contribution is 6.31. The van der Waals surface area contributed by atoms with Crippen LogP contribution in [0.1, 0.15) is 25.1 Å². The maximum Gasteiger partial charge on any atom is 0.121 e. The van der Waals surface area contributed by atoms with Crippen LogP contribution in [0.4, 0.5) is 0 Å². The van der Waals surface area contributed by atoms with E-state index >= 15 is 0 Å². The van der Waals surface area contributed by atoms with Crippen LogP contribution >= 0.6 is 11.6 Å². The highest BCUT2D eigenvalue weighted by Crippen LogP contribution is 2.17. The first-order chi connectivity index (χ1) is 9.81. The number of benzene rings is 1. The molecule has 4 nitrogen and oxygen atoms in total. The molecular weight excluding hydrogens is 272 g/mol. The van der Waals surface area contributed by atoms with Crippen LogP contribution in [0.2, 0.25) is 5.02 Å². The topological polar surface area (TPSA) is 44.0 Å².